The van der Waals surface area contributed by atoms with E-state index < -0.39 is 6.09 Å². The molecule has 0 saturated carbocycles. The van der Waals surface area contributed by atoms with Gasteiger partial charge in [0.05, 0.1) is 6.61 Å². The molecule has 0 unspecified atom stereocenters. The third-order valence-electron chi connectivity index (χ3n) is 3.42. The Balaban J connectivity index is 2.16. The van der Waals surface area contributed by atoms with Crippen molar-refractivity contribution in [1.82, 2.24) is 5.32 Å². The minimum Gasteiger partial charge on any atom is -0.469 e. The fourth-order valence-electron chi connectivity index (χ4n) is 2.17. The van der Waals surface area contributed by atoms with E-state index in [9.17, 15) is 4.79 Å². The fourth-order valence-corrected chi connectivity index (χ4v) is 2.34. The molecule has 24 heavy (non-hydrogen) atoms. The number of benzene rings is 1. The van der Waals surface area contributed by atoms with Gasteiger partial charge in [0.2, 0.25) is 0 Å². The van der Waals surface area contributed by atoms with Crippen LogP contribution in [0.25, 0.3) is 0 Å². The first-order chi connectivity index (χ1) is 11.7. The molecule has 134 valence electrons. The van der Waals surface area contributed by atoms with Crippen molar-refractivity contribution >= 4 is 29.2 Å². The summed E-state index contributed by atoms with van der Waals surface area (Å²) in [5.41, 5.74) is 2.41. The van der Waals surface area contributed by atoms with Crippen LogP contribution < -0.4 is 10.6 Å². The van der Waals surface area contributed by atoms with Crippen molar-refractivity contribution in [3.05, 3.63) is 29.8 Å². The van der Waals surface area contributed by atoms with Crippen molar-refractivity contribution in [1.29, 1.82) is 0 Å². The molecule has 0 atom stereocenters. The first kappa shape index (κ1) is 20.2. The number of anilines is 1. The van der Waals surface area contributed by atoms with Crippen molar-refractivity contribution < 1.29 is 14.3 Å². The summed E-state index contributed by atoms with van der Waals surface area (Å²) in [7, 11) is 0. The minimum atomic E-state index is -0.593. The maximum Gasteiger partial charge on any atom is 0.414 e. The summed E-state index contributed by atoms with van der Waals surface area (Å²) < 4.78 is 9.95. The van der Waals surface area contributed by atoms with Crippen LogP contribution in [0.4, 0.5) is 10.5 Å². The largest absolute Gasteiger partial charge is 0.469 e. The molecule has 0 aliphatic carbocycles. The summed E-state index contributed by atoms with van der Waals surface area (Å²) >= 11 is 4.89. The second kappa shape index (κ2) is 12.6. The first-order valence-electron chi connectivity index (χ1n) is 8.59. The van der Waals surface area contributed by atoms with Crippen LogP contribution >= 0.6 is 12.2 Å². The lowest BCUT2D eigenvalue weighted by molar-refractivity contribution is 0.155. The normalized spacial score (nSPS) is 10.1. The zero-order valence-corrected chi connectivity index (χ0v) is 15.4. The molecule has 6 heteroatoms. The SMILES string of the molecule is CCCCCCc1ccc(NCCOC(=S)NC(=O)OCC)cc1. The Bertz CT molecular complexity index is 492. The smallest absolute Gasteiger partial charge is 0.414 e. The molecule has 0 aliphatic heterocycles. The van der Waals surface area contributed by atoms with Gasteiger partial charge in [0.1, 0.15) is 6.61 Å². The summed E-state index contributed by atoms with van der Waals surface area (Å²) in [5.74, 6) is 0. The van der Waals surface area contributed by atoms with Crippen LogP contribution in [0.15, 0.2) is 24.3 Å². The summed E-state index contributed by atoms with van der Waals surface area (Å²) in [4.78, 5) is 11.1. The van der Waals surface area contributed by atoms with Crippen LogP contribution in [0.1, 0.15) is 45.1 Å². The number of amides is 1. The molecular weight excluding hydrogens is 324 g/mol. The number of aryl methyl sites for hydroxylation is 1. The maximum atomic E-state index is 11.1. The number of carbonyl (C=O) groups is 1. The van der Waals surface area contributed by atoms with Gasteiger partial charge in [-0.05, 0) is 49.7 Å². The lowest BCUT2D eigenvalue weighted by atomic mass is 10.1. The highest BCUT2D eigenvalue weighted by Gasteiger charge is 2.04. The predicted octanol–water partition coefficient (Wildman–Crippen LogP) is 4.27. The Morgan fingerprint density at radius 2 is 1.83 bits per heavy atom. The van der Waals surface area contributed by atoms with E-state index in [1.807, 2.05) is 0 Å². The van der Waals surface area contributed by atoms with Gasteiger partial charge in [-0.2, -0.15) is 0 Å². The number of ether oxygens (including phenoxy) is 2. The van der Waals surface area contributed by atoms with Crippen molar-refractivity contribution in [2.45, 2.75) is 46.0 Å². The van der Waals surface area contributed by atoms with E-state index in [4.69, 9.17) is 21.7 Å². The first-order valence-corrected chi connectivity index (χ1v) is 8.99. The molecule has 0 spiro atoms. The van der Waals surface area contributed by atoms with Gasteiger partial charge in [-0.3, -0.25) is 5.32 Å². The molecule has 1 amide bonds. The molecule has 1 rings (SSSR count). The number of unbranched alkanes of at least 4 members (excludes halogenated alkanes) is 3. The summed E-state index contributed by atoms with van der Waals surface area (Å²) in [6, 6.07) is 8.46. The Morgan fingerprint density at radius 3 is 2.50 bits per heavy atom. The fraction of sp³-hybridized carbons (Fsp3) is 0.556. The van der Waals surface area contributed by atoms with Gasteiger partial charge >= 0.3 is 6.09 Å². The van der Waals surface area contributed by atoms with E-state index in [2.05, 4.69) is 41.8 Å². The van der Waals surface area contributed by atoms with Crippen LogP contribution in [0.5, 0.6) is 0 Å². The minimum absolute atomic E-state index is 0.0256. The van der Waals surface area contributed by atoms with Crippen LogP contribution in [0, 0.1) is 0 Å². The Labute approximate surface area is 150 Å². The van der Waals surface area contributed by atoms with Crippen molar-refractivity contribution in [3.8, 4) is 0 Å². The molecule has 0 heterocycles. The van der Waals surface area contributed by atoms with Crippen molar-refractivity contribution in [3.63, 3.8) is 0 Å². The van der Waals surface area contributed by atoms with Gasteiger partial charge in [0, 0.05) is 12.2 Å². The Hall–Kier alpha value is -1.82. The highest BCUT2D eigenvalue weighted by Crippen LogP contribution is 2.12. The topological polar surface area (TPSA) is 59.6 Å². The van der Waals surface area contributed by atoms with Gasteiger partial charge in [0.15, 0.2) is 0 Å². The molecule has 0 radical (unpaired) electrons. The molecule has 0 aliphatic rings. The van der Waals surface area contributed by atoms with Crippen LogP contribution in [0.3, 0.4) is 0 Å². The van der Waals surface area contributed by atoms with Crippen LogP contribution in [-0.2, 0) is 15.9 Å². The van der Waals surface area contributed by atoms with Gasteiger partial charge in [-0.15, -0.1) is 0 Å². The maximum absolute atomic E-state index is 11.1. The van der Waals surface area contributed by atoms with Gasteiger partial charge < -0.3 is 14.8 Å². The van der Waals surface area contributed by atoms with E-state index in [-0.39, 0.29) is 5.17 Å². The molecule has 1 aromatic carbocycles. The number of rotatable bonds is 10. The monoisotopic (exact) mass is 352 g/mol. The quantitative estimate of drug-likeness (QED) is 0.486. The number of carbonyl (C=O) groups excluding carboxylic acids is 1. The highest BCUT2D eigenvalue weighted by atomic mass is 32.1. The third kappa shape index (κ3) is 9.35. The number of hydrogen-bond acceptors (Lipinski definition) is 5. The zero-order chi connectivity index (χ0) is 17.6. The van der Waals surface area contributed by atoms with E-state index in [1.165, 1.54) is 31.2 Å². The van der Waals surface area contributed by atoms with Gasteiger partial charge in [-0.25, -0.2) is 4.79 Å². The number of hydrogen-bond donors (Lipinski definition) is 2. The van der Waals surface area contributed by atoms with E-state index >= 15 is 0 Å². The predicted molar refractivity (Wildman–Crippen MR) is 101 cm³/mol. The number of nitrogens with one attached hydrogen (secondary N) is 2. The molecule has 0 aromatic heterocycles. The molecule has 5 nitrogen and oxygen atoms in total. The van der Waals surface area contributed by atoms with E-state index in [0.717, 1.165) is 12.1 Å². The Kier molecular flexibility index (Phi) is 10.6. The molecular formula is C18H28N2O3S. The number of thiocarbonyl (C=S) groups is 1. The molecule has 2 N–H and O–H groups in total. The second-order valence-electron chi connectivity index (χ2n) is 5.42. The van der Waals surface area contributed by atoms with E-state index in [0.29, 0.717) is 19.8 Å². The lowest BCUT2D eigenvalue weighted by Gasteiger charge is -2.10. The Morgan fingerprint density at radius 1 is 1.08 bits per heavy atom. The summed E-state index contributed by atoms with van der Waals surface area (Å²) in [6.45, 7) is 5.21. The standard InChI is InChI=1S/C18H28N2O3S/c1-3-5-6-7-8-15-9-11-16(12-10-15)19-13-14-23-18(24)20-17(21)22-4-2/h9-12,19H,3-8,13-14H2,1-2H3,(H,20,21,24). The average Bonchev–Trinajstić information content (AvgIpc) is 2.57. The van der Waals surface area contributed by atoms with Crippen LogP contribution in [-0.4, -0.2) is 31.0 Å². The third-order valence-corrected chi connectivity index (χ3v) is 3.64. The average molecular weight is 353 g/mol. The van der Waals surface area contributed by atoms with Gasteiger partial charge in [0.25, 0.3) is 5.17 Å². The van der Waals surface area contributed by atoms with Crippen molar-refractivity contribution in [2.24, 2.45) is 0 Å². The molecule has 1 aromatic rings. The van der Waals surface area contributed by atoms with Crippen LogP contribution in [0.2, 0.25) is 0 Å². The summed E-state index contributed by atoms with van der Waals surface area (Å²) in [5, 5.41) is 5.61. The summed E-state index contributed by atoms with van der Waals surface area (Å²) in [6.07, 6.45) is 5.67. The molecule has 0 bridgehead atoms. The zero-order valence-electron chi connectivity index (χ0n) is 14.6. The van der Waals surface area contributed by atoms with Crippen molar-refractivity contribution in [2.75, 3.05) is 25.1 Å². The molecule has 0 saturated heterocycles. The van der Waals surface area contributed by atoms with E-state index in [1.54, 1.807) is 6.92 Å². The highest BCUT2D eigenvalue weighted by molar-refractivity contribution is 7.80. The van der Waals surface area contributed by atoms with Gasteiger partial charge in [-0.1, -0.05) is 38.3 Å². The molecule has 0 fully saturated rings. The lowest BCUT2D eigenvalue weighted by Crippen LogP contribution is -2.32. The number of alkyl carbamates (subject to hydrolysis) is 1. The second-order valence-corrected chi connectivity index (χ2v) is 5.79.